The van der Waals surface area contributed by atoms with Gasteiger partial charge in [-0.3, -0.25) is 0 Å². The molecule has 0 aliphatic rings. The van der Waals surface area contributed by atoms with E-state index < -0.39 is 0 Å². The Kier molecular flexibility index (Phi) is 5.63. The van der Waals surface area contributed by atoms with Crippen molar-refractivity contribution in [3.63, 3.8) is 0 Å². The molecule has 0 fully saturated rings. The number of nitrogens with one attached hydrogen (secondary N) is 1. The molecule has 0 spiro atoms. The van der Waals surface area contributed by atoms with Gasteiger partial charge in [0.2, 0.25) is 0 Å². The molecule has 2 nitrogen and oxygen atoms in total. The largest absolute Gasteiger partial charge is 0.492 e. The van der Waals surface area contributed by atoms with Crippen molar-refractivity contribution in [3.05, 3.63) is 54.1 Å². The van der Waals surface area contributed by atoms with Crippen LogP contribution in [0.1, 0.15) is 18.9 Å². The zero-order chi connectivity index (χ0) is 14.2. The van der Waals surface area contributed by atoms with Crippen molar-refractivity contribution in [1.82, 2.24) is 5.32 Å². The van der Waals surface area contributed by atoms with Crippen molar-refractivity contribution in [1.29, 1.82) is 0 Å². The molecule has 0 radical (unpaired) electrons. The van der Waals surface area contributed by atoms with Crippen molar-refractivity contribution in [2.45, 2.75) is 20.3 Å². The summed E-state index contributed by atoms with van der Waals surface area (Å²) in [7, 11) is 0. The molecule has 0 unspecified atom stereocenters. The van der Waals surface area contributed by atoms with E-state index in [4.69, 9.17) is 4.74 Å². The number of ether oxygens (including phenoxy) is 1. The number of aryl methyl sites for hydroxylation is 1. The molecule has 0 aliphatic carbocycles. The second-order valence-electron chi connectivity index (χ2n) is 4.99. The first kappa shape index (κ1) is 14.6. The van der Waals surface area contributed by atoms with Crippen LogP contribution in [0.25, 0.3) is 11.1 Å². The van der Waals surface area contributed by atoms with Gasteiger partial charge in [-0.05, 0) is 43.1 Å². The van der Waals surface area contributed by atoms with E-state index >= 15 is 0 Å². The number of rotatable bonds is 7. The minimum atomic E-state index is 0.712. The van der Waals surface area contributed by atoms with Crippen molar-refractivity contribution in [2.75, 3.05) is 19.7 Å². The minimum Gasteiger partial charge on any atom is -0.492 e. The minimum absolute atomic E-state index is 0.712. The van der Waals surface area contributed by atoms with Gasteiger partial charge in [-0.25, -0.2) is 0 Å². The monoisotopic (exact) mass is 269 g/mol. The highest BCUT2D eigenvalue weighted by atomic mass is 16.5. The third kappa shape index (κ3) is 4.39. The third-order valence-corrected chi connectivity index (χ3v) is 3.21. The summed E-state index contributed by atoms with van der Waals surface area (Å²) in [5.41, 5.74) is 3.75. The standard InChI is InChI=1S/C18H23NO/c1-3-12-19-13-14-20-18-10-8-17(9-11-18)16-6-4-15(2)5-7-16/h4-11,19H,3,12-14H2,1-2H3. The molecule has 2 rings (SSSR count). The summed E-state index contributed by atoms with van der Waals surface area (Å²) in [6.45, 7) is 6.93. The van der Waals surface area contributed by atoms with Crippen LogP contribution >= 0.6 is 0 Å². The van der Waals surface area contributed by atoms with Crippen LogP contribution in [-0.4, -0.2) is 19.7 Å². The van der Waals surface area contributed by atoms with Crippen molar-refractivity contribution < 1.29 is 4.74 Å². The molecule has 1 N–H and O–H groups in total. The van der Waals surface area contributed by atoms with Crippen molar-refractivity contribution in [2.24, 2.45) is 0 Å². The Morgan fingerprint density at radius 1 is 0.850 bits per heavy atom. The summed E-state index contributed by atoms with van der Waals surface area (Å²) < 4.78 is 5.70. The molecule has 106 valence electrons. The van der Waals surface area contributed by atoms with Gasteiger partial charge in [-0.1, -0.05) is 48.9 Å². The van der Waals surface area contributed by atoms with Crippen LogP contribution in [0.5, 0.6) is 5.75 Å². The Hall–Kier alpha value is -1.80. The molecule has 2 aromatic rings. The topological polar surface area (TPSA) is 21.3 Å². The van der Waals surface area contributed by atoms with Gasteiger partial charge in [0.15, 0.2) is 0 Å². The molecule has 0 aliphatic heterocycles. The second kappa shape index (κ2) is 7.71. The fourth-order valence-electron chi connectivity index (χ4n) is 2.03. The third-order valence-electron chi connectivity index (χ3n) is 3.21. The Morgan fingerprint density at radius 2 is 1.45 bits per heavy atom. The van der Waals surface area contributed by atoms with Gasteiger partial charge in [0.25, 0.3) is 0 Å². The highest BCUT2D eigenvalue weighted by Crippen LogP contribution is 2.22. The molecule has 0 amide bonds. The van der Waals surface area contributed by atoms with Crippen LogP contribution in [0.2, 0.25) is 0 Å². The maximum Gasteiger partial charge on any atom is 0.119 e. The van der Waals surface area contributed by atoms with E-state index in [0.717, 1.165) is 25.3 Å². The Balaban J connectivity index is 1.88. The quantitative estimate of drug-likeness (QED) is 0.766. The summed E-state index contributed by atoms with van der Waals surface area (Å²) in [5.74, 6) is 0.930. The second-order valence-corrected chi connectivity index (χ2v) is 4.99. The average Bonchev–Trinajstić information content (AvgIpc) is 2.49. The number of hydrogen-bond donors (Lipinski definition) is 1. The summed E-state index contributed by atoms with van der Waals surface area (Å²) in [6, 6.07) is 16.9. The van der Waals surface area contributed by atoms with E-state index in [1.54, 1.807) is 0 Å². The zero-order valence-corrected chi connectivity index (χ0v) is 12.4. The Labute approximate surface area is 121 Å². The van der Waals surface area contributed by atoms with Gasteiger partial charge in [0, 0.05) is 6.54 Å². The molecule has 0 atom stereocenters. The lowest BCUT2D eigenvalue weighted by atomic mass is 10.0. The van der Waals surface area contributed by atoms with Crippen LogP contribution in [-0.2, 0) is 0 Å². The molecule has 0 bridgehead atoms. The SMILES string of the molecule is CCCNCCOc1ccc(-c2ccc(C)cc2)cc1. The van der Waals surface area contributed by atoms with E-state index in [0.29, 0.717) is 6.61 Å². The van der Waals surface area contributed by atoms with Gasteiger partial charge < -0.3 is 10.1 Å². The Bertz CT molecular complexity index is 502. The molecule has 2 aromatic carbocycles. The lowest BCUT2D eigenvalue weighted by Crippen LogP contribution is -2.21. The maximum atomic E-state index is 5.70. The van der Waals surface area contributed by atoms with Gasteiger partial charge in [-0.15, -0.1) is 0 Å². The fourth-order valence-corrected chi connectivity index (χ4v) is 2.03. The first-order valence-corrected chi connectivity index (χ1v) is 7.30. The summed E-state index contributed by atoms with van der Waals surface area (Å²) >= 11 is 0. The van der Waals surface area contributed by atoms with E-state index in [2.05, 4.69) is 55.6 Å². The highest BCUT2D eigenvalue weighted by molar-refractivity contribution is 5.64. The molecular weight excluding hydrogens is 246 g/mol. The van der Waals surface area contributed by atoms with Crippen LogP contribution in [0.15, 0.2) is 48.5 Å². The lowest BCUT2D eigenvalue weighted by Gasteiger charge is -2.08. The first-order valence-electron chi connectivity index (χ1n) is 7.30. The van der Waals surface area contributed by atoms with Crippen LogP contribution in [0, 0.1) is 6.92 Å². The smallest absolute Gasteiger partial charge is 0.119 e. The molecule has 2 heteroatoms. The first-order chi connectivity index (χ1) is 9.79. The van der Waals surface area contributed by atoms with Crippen LogP contribution in [0.4, 0.5) is 0 Å². The molecular formula is C18H23NO. The maximum absolute atomic E-state index is 5.70. The summed E-state index contributed by atoms with van der Waals surface area (Å²) in [5, 5.41) is 3.32. The Morgan fingerprint density at radius 3 is 2.05 bits per heavy atom. The average molecular weight is 269 g/mol. The van der Waals surface area contributed by atoms with Gasteiger partial charge in [0.1, 0.15) is 12.4 Å². The van der Waals surface area contributed by atoms with Crippen molar-refractivity contribution >= 4 is 0 Å². The van der Waals surface area contributed by atoms with Crippen LogP contribution in [0.3, 0.4) is 0 Å². The van der Waals surface area contributed by atoms with Crippen LogP contribution < -0.4 is 10.1 Å². The highest BCUT2D eigenvalue weighted by Gasteiger charge is 1.98. The predicted octanol–water partition coefficient (Wildman–Crippen LogP) is 4.04. The van der Waals surface area contributed by atoms with Gasteiger partial charge in [-0.2, -0.15) is 0 Å². The van der Waals surface area contributed by atoms with Crippen molar-refractivity contribution in [3.8, 4) is 16.9 Å². The molecule has 0 saturated heterocycles. The molecule has 0 saturated carbocycles. The lowest BCUT2D eigenvalue weighted by molar-refractivity contribution is 0.314. The number of benzene rings is 2. The molecule has 20 heavy (non-hydrogen) atoms. The van der Waals surface area contributed by atoms with E-state index in [1.807, 2.05) is 12.1 Å². The number of hydrogen-bond acceptors (Lipinski definition) is 2. The van der Waals surface area contributed by atoms with E-state index in [1.165, 1.54) is 16.7 Å². The zero-order valence-electron chi connectivity index (χ0n) is 12.4. The van der Waals surface area contributed by atoms with E-state index in [9.17, 15) is 0 Å². The van der Waals surface area contributed by atoms with Gasteiger partial charge in [0.05, 0.1) is 0 Å². The normalized spacial score (nSPS) is 10.5. The predicted molar refractivity (Wildman–Crippen MR) is 85.3 cm³/mol. The molecule has 0 heterocycles. The fraction of sp³-hybridized carbons (Fsp3) is 0.333. The summed E-state index contributed by atoms with van der Waals surface area (Å²) in [4.78, 5) is 0. The molecule has 0 aromatic heterocycles. The van der Waals surface area contributed by atoms with Gasteiger partial charge >= 0.3 is 0 Å². The van der Waals surface area contributed by atoms with E-state index in [-0.39, 0.29) is 0 Å². The summed E-state index contributed by atoms with van der Waals surface area (Å²) in [6.07, 6.45) is 1.16.